The van der Waals surface area contributed by atoms with Gasteiger partial charge in [-0.2, -0.15) is 16.9 Å². The van der Waals surface area contributed by atoms with Crippen molar-refractivity contribution in [3.63, 3.8) is 0 Å². The summed E-state index contributed by atoms with van der Waals surface area (Å²) in [5.41, 5.74) is 0. The molecule has 0 radical (unpaired) electrons. The zero-order valence-electron chi connectivity index (χ0n) is 14.1. The Hall–Kier alpha value is -1.24. The Morgan fingerprint density at radius 2 is 2.22 bits per heavy atom. The molecule has 1 aromatic heterocycles. The Bertz CT molecular complexity index is 541. The number of nitrogens with one attached hydrogen (secondary N) is 1. The number of amides is 2. The van der Waals surface area contributed by atoms with E-state index in [4.69, 9.17) is 0 Å². The molecule has 2 atom stereocenters. The van der Waals surface area contributed by atoms with Gasteiger partial charge in [0, 0.05) is 26.2 Å². The first-order valence-electron chi connectivity index (χ1n) is 8.60. The number of likely N-dealkylation sites (tertiary alicyclic amines) is 1. The van der Waals surface area contributed by atoms with E-state index in [1.807, 2.05) is 35.2 Å². The summed E-state index contributed by atoms with van der Waals surface area (Å²) in [5.74, 6) is 5.34. The number of aryl methyl sites for hydroxylation is 2. The predicted octanol–water partition coefficient (Wildman–Crippen LogP) is 2.07. The molecule has 3 heterocycles. The number of hydrogen-bond donors (Lipinski definition) is 1. The topological polar surface area (TPSA) is 63.1 Å². The van der Waals surface area contributed by atoms with Crippen LogP contribution in [0.4, 0.5) is 4.79 Å². The highest BCUT2D eigenvalue weighted by atomic mass is 32.2. The monoisotopic (exact) mass is 337 g/mol. The number of aromatic nitrogens is 3. The highest BCUT2D eigenvalue weighted by Crippen LogP contribution is 2.23. The lowest BCUT2D eigenvalue weighted by atomic mass is 9.98. The van der Waals surface area contributed by atoms with Crippen molar-refractivity contribution in [2.45, 2.75) is 39.7 Å². The fourth-order valence-electron chi connectivity index (χ4n) is 3.47. The highest BCUT2D eigenvalue weighted by molar-refractivity contribution is 7.99. The molecule has 2 aliphatic heterocycles. The molecule has 2 aliphatic rings. The van der Waals surface area contributed by atoms with Crippen LogP contribution in [-0.2, 0) is 6.54 Å². The number of thioether (sulfide) groups is 1. The number of urea groups is 1. The first-order chi connectivity index (χ1) is 11.1. The quantitative estimate of drug-likeness (QED) is 0.913. The maximum absolute atomic E-state index is 12.4. The molecule has 3 rings (SSSR count). The SMILES string of the molecule is Cc1nc(C)n(C[C@H]2CCCN(C(=O)NC[C@@H]3CCSC3)C2)n1. The number of piperidine rings is 1. The minimum absolute atomic E-state index is 0.109. The second kappa shape index (κ2) is 7.55. The van der Waals surface area contributed by atoms with E-state index < -0.39 is 0 Å². The normalized spacial score (nSPS) is 24.9. The molecule has 1 N–H and O–H groups in total. The number of carbonyl (C=O) groups is 1. The standard InChI is InChI=1S/C16H27N5OS/c1-12-18-13(2)21(19-12)10-15-4-3-6-20(9-15)16(22)17-8-14-5-7-23-11-14/h14-15H,3-11H2,1-2H3,(H,17,22)/t14-,15-/m0/s1. The average Bonchev–Trinajstić information content (AvgIpc) is 3.15. The largest absolute Gasteiger partial charge is 0.338 e. The third-order valence-electron chi connectivity index (χ3n) is 4.77. The molecule has 0 aromatic carbocycles. The van der Waals surface area contributed by atoms with Crippen LogP contribution in [-0.4, -0.2) is 56.8 Å². The van der Waals surface area contributed by atoms with Crippen molar-refractivity contribution >= 4 is 17.8 Å². The van der Waals surface area contributed by atoms with Gasteiger partial charge in [-0.1, -0.05) is 0 Å². The Morgan fingerprint density at radius 3 is 2.91 bits per heavy atom. The lowest BCUT2D eigenvalue weighted by Crippen LogP contribution is -2.47. The van der Waals surface area contributed by atoms with Gasteiger partial charge < -0.3 is 10.2 Å². The third kappa shape index (κ3) is 4.40. The summed E-state index contributed by atoms with van der Waals surface area (Å²) >= 11 is 1.99. The minimum atomic E-state index is 0.109. The molecule has 0 unspecified atom stereocenters. The summed E-state index contributed by atoms with van der Waals surface area (Å²) in [6, 6.07) is 0.109. The highest BCUT2D eigenvalue weighted by Gasteiger charge is 2.25. The third-order valence-corrected chi connectivity index (χ3v) is 6.00. The first kappa shape index (κ1) is 16.6. The average molecular weight is 337 g/mol. The van der Waals surface area contributed by atoms with Crippen LogP contribution >= 0.6 is 11.8 Å². The van der Waals surface area contributed by atoms with E-state index in [-0.39, 0.29) is 6.03 Å². The van der Waals surface area contributed by atoms with Gasteiger partial charge in [0.2, 0.25) is 0 Å². The molecule has 6 nitrogen and oxygen atoms in total. The van der Waals surface area contributed by atoms with E-state index in [0.29, 0.717) is 11.8 Å². The molecule has 0 aliphatic carbocycles. The molecule has 0 spiro atoms. The molecule has 2 saturated heterocycles. The number of carbonyl (C=O) groups excluding carboxylic acids is 1. The van der Waals surface area contributed by atoms with Crippen molar-refractivity contribution < 1.29 is 4.79 Å². The minimum Gasteiger partial charge on any atom is -0.338 e. The van der Waals surface area contributed by atoms with E-state index in [0.717, 1.165) is 50.7 Å². The van der Waals surface area contributed by atoms with Crippen LogP contribution in [0.15, 0.2) is 0 Å². The summed E-state index contributed by atoms with van der Waals surface area (Å²) in [5, 5.41) is 7.58. The zero-order valence-corrected chi connectivity index (χ0v) is 14.9. The van der Waals surface area contributed by atoms with Crippen molar-refractivity contribution in [3.05, 3.63) is 11.6 Å². The maximum atomic E-state index is 12.4. The number of nitrogens with zero attached hydrogens (tertiary/aromatic N) is 4. The maximum Gasteiger partial charge on any atom is 0.317 e. The summed E-state index contributed by atoms with van der Waals surface area (Å²) in [6.45, 7) is 7.29. The van der Waals surface area contributed by atoms with Gasteiger partial charge >= 0.3 is 6.03 Å². The predicted molar refractivity (Wildman–Crippen MR) is 92.6 cm³/mol. The van der Waals surface area contributed by atoms with Gasteiger partial charge in [0.25, 0.3) is 0 Å². The van der Waals surface area contributed by atoms with Gasteiger partial charge in [-0.05, 0) is 56.5 Å². The van der Waals surface area contributed by atoms with Crippen molar-refractivity contribution in [1.29, 1.82) is 0 Å². The van der Waals surface area contributed by atoms with Gasteiger partial charge in [0.1, 0.15) is 11.6 Å². The van der Waals surface area contributed by atoms with Gasteiger partial charge in [0.05, 0.1) is 0 Å². The Morgan fingerprint density at radius 1 is 1.35 bits per heavy atom. The number of hydrogen-bond acceptors (Lipinski definition) is 4. The molecule has 0 bridgehead atoms. The summed E-state index contributed by atoms with van der Waals surface area (Å²) in [7, 11) is 0. The van der Waals surface area contributed by atoms with Crippen molar-refractivity contribution in [1.82, 2.24) is 25.0 Å². The van der Waals surface area contributed by atoms with Gasteiger partial charge in [-0.25, -0.2) is 14.5 Å². The molecule has 2 fully saturated rings. The van der Waals surface area contributed by atoms with Gasteiger partial charge in [-0.15, -0.1) is 0 Å². The van der Waals surface area contributed by atoms with Crippen LogP contribution in [0.3, 0.4) is 0 Å². The fraction of sp³-hybridized carbons (Fsp3) is 0.812. The smallest absolute Gasteiger partial charge is 0.317 e. The lowest BCUT2D eigenvalue weighted by Gasteiger charge is -2.33. The van der Waals surface area contributed by atoms with Gasteiger partial charge in [0.15, 0.2) is 0 Å². The number of rotatable bonds is 4. The molecule has 7 heteroatoms. The molecule has 0 saturated carbocycles. The van der Waals surface area contributed by atoms with E-state index in [9.17, 15) is 4.79 Å². The summed E-state index contributed by atoms with van der Waals surface area (Å²) < 4.78 is 1.98. The fourth-order valence-corrected chi connectivity index (χ4v) is 4.75. The molecule has 128 valence electrons. The van der Waals surface area contributed by atoms with Crippen molar-refractivity contribution in [3.8, 4) is 0 Å². The molecular weight excluding hydrogens is 310 g/mol. The Balaban J connectivity index is 1.49. The Labute approximate surface area is 142 Å². The van der Waals surface area contributed by atoms with Crippen LogP contribution in [0.1, 0.15) is 30.9 Å². The van der Waals surface area contributed by atoms with Crippen LogP contribution in [0.5, 0.6) is 0 Å². The van der Waals surface area contributed by atoms with Crippen LogP contribution in [0.2, 0.25) is 0 Å². The Kier molecular flexibility index (Phi) is 5.46. The molecule has 23 heavy (non-hydrogen) atoms. The zero-order chi connectivity index (χ0) is 16.2. The van der Waals surface area contributed by atoms with Crippen molar-refractivity contribution in [2.24, 2.45) is 11.8 Å². The summed E-state index contributed by atoms with van der Waals surface area (Å²) in [6.07, 6.45) is 3.46. The molecular formula is C16H27N5OS. The van der Waals surface area contributed by atoms with E-state index in [1.54, 1.807) is 0 Å². The van der Waals surface area contributed by atoms with Crippen LogP contribution in [0.25, 0.3) is 0 Å². The second-order valence-corrected chi connectivity index (χ2v) is 7.91. The van der Waals surface area contributed by atoms with Crippen LogP contribution in [0, 0.1) is 25.7 Å². The van der Waals surface area contributed by atoms with Crippen molar-refractivity contribution in [2.75, 3.05) is 31.1 Å². The van der Waals surface area contributed by atoms with Gasteiger partial charge in [-0.3, -0.25) is 0 Å². The van der Waals surface area contributed by atoms with E-state index in [1.165, 1.54) is 17.9 Å². The lowest BCUT2D eigenvalue weighted by molar-refractivity contribution is 0.156. The van der Waals surface area contributed by atoms with E-state index in [2.05, 4.69) is 15.4 Å². The van der Waals surface area contributed by atoms with Crippen LogP contribution < -0.4 is 5.32 Å². The molecule has 1 aromatic rings. The van der Waals surface area contributed by atoms with E-state index >= 15 is 0 Å². The summed E-state index contributed by atoms with van der Waals surface area (Å²) in [4.78, 5) is 18.7. The molecule has 2 amide bonds. The first-order valence-corrected chi connectivity index (χ1v) is 9.76. The second-order valence-electron chi connectivity index (χ2n) is 6.76.